The van der Waals surface area contributed by atoms with Gasteiger partial charge in [-0.3, -0.25) is 9.79 Å². The molecule has 9 nitrogen and oxygen atoms in total. The van der Waals surface area contributed by atoms with Gasteiger partial charge < -0.3 is 36.4 Å². The molecule has 0 spiro atoms. The molecule has 0 radical (unpaired) electrons. The van der Waals surface area contributed by atoms with Crippen molar-refractivity contribution in [2.24, 2.45) is 22.4 Å². The lowest BCUT2D eigenvalue weighted by atomic mass is 9.70. The smallest absolute Gasteiger partial charge is 0.163 e. The number of phenolic OH excluding ortho intramolecular Hbond substituents is 1. The first-order chi connectivity index (χ1) is 23.7. The molecule has 2 unspecified atom stereocenters. The highest BCUT2D eigenvalue weighted by Crippen LogP contribution is 2.51. The molecule has 2 aromatic rings. The second-order valence-corrected chi connectivity index (χ2v) is 14.8. The van der Waals surface area contributed by atoms with Gasteiger partial charge in [0.2, 0.25) is 0 Å². The third kappa shape index (κ3) is 8.63. The van der Waals surface area contributed by atoms with E-state index in [1.54, 1.807) is 18.2 Å². The lowest BCUT2D eigenvalue weighted by Crippen LogP contribution is -2.27. The number of aliphatic hydroxyl groups is 2. The van der Waals surface area contributed by atoms with Crippen molar-refractivity contribution < 1.29 is 24.9 Å². The highest BCUT2D eigenvalue weighted by Gasteiger charge is 2.44. The van der Waals surface area contributed by atoms with Crippen LogP contribution in [-0.4, -0.2) is 57.2 Å². The third-order valence-electron chi connectivity index (χ3n) is 11.2. The van der Waals surface area contributed by atoms with Gasteiger partial charge in [0.1, 0.15) is 5.78 Å². The number of aliphatic imine (C=N–C) groups is 1. The molecule has 0 saturated heterocycles. The summed E-state index contributed by atoms with van der Waals surface area (Å²) in [6, 6.07) is 13.5. The first kappa shape index (κ1) is 35.3. The molecule has 9 heteroatoms. The number of carbonyl (C=O) groups is 1. The Hall–Kier alpha value is -3.50. The van der Waals surface area contributed by atoms with E-state index in [9.17, 15) is 20.1 Å². The van der Waals surface area contributed by atoms with Gasteiger partial charge in [0, 0.05) is 36.2 Å². The first-order valence-electron chi connectivity index (χ1n) is 18.4. The Morgan fingerprint density at radius 2 is 1.82 bits per heavy atom. The highest BCUT2D eigenvalue weighted by molar-refractivity contribution is 6.10. The van der Waals surface area contributed by atoms with Gasteiger partial charge in [0.15, 0.2) is 18.2 Å². The number of phenols is 1. The van der Waals surface area contributed by atoms with E-state index in [2.05, 4.69) is 23.2 Å². The molecule has 2 aromatic carbocycles. The van der Waals surface area contributed by atoms with Crippen molar-refractivity contribution in [3.05, 3.63) is 82.7 Å². The predicted molar refractivity (Wildman–Crippen MR) is 192 cm³/mol. The SMILES string of the molecule is NC(N)c1cccc(C2(C3=CN=C4CN(COc5cc(CCC(=O)CC(O)CC(O)CCC6CCCCC6)ccc5O)C=C34)CCCC2)c1. The molecule has 2 saturated carbocycles. The molecule has 2 atom stereocenters. The topological polar surface area (TPSA) is 155 Å². The van der Waals surface area contributed by atoms with Crippen LogP contribution in [0.3, 0.4) is 0 Å². The minimum atomic E-state index is -0.834. The van der Waals surface area contributed by atoms with Crippen molar-refractivity contribution in [1.82, 2.24) is 4.90 Å². The van der Waals surface area contributed by atoms with Crippen molar-refractivity contribution in [3.8, 4) is 11.5 Å². The van der Waals surface area contributed by atoms with Crippen molar-refractivity contribution in [1.29, 1.82) is 0 Å². The second-order valence-electron chi connectivity index (χ2n) is 14.8. The molecular formula is C40H54N4O5. The number of ether oxygens (including phenoxy) is 1. The van der Waals surface area contributed by atoms with Crippen LogP contribution in [0.1, 0.15) is 113 Å². The number of nitrogens with two attached hydrogens (primary N) is 2. The van der Waals surface area contributed by atoms with Crippen LogP contribution in [0.4, 0.5) is 0 Å². The van der Waals surface area contributed by atoms with Crippen LogP contribution >= 0.6 is 0 Å². The Labute approximate surface area is 290 Å². The molecule has 7 N–H and O–H groups in total. The van der Waals surface area contributed by atoms with Gasteiger partial charge in [0.05, 0.1) is 30.6 Å². The zero-order chi connectivity index (χ0) is 34.4. The standard InChI is InChI=1S/C40H54N4O5/c41-39(42)29-9-6-10-30(20-29)40(17-4-5-18-40)35-23-43-36-25-44(24-34(35)36)26-49-38-19-28(13-16-37(38)48)12-15-32(46)22-33(47)21-31(45)14-11-27-7-2-1-3-8-27/h6,9-10,13,16,19-20,23-24,27,31,33,39,45,47-48H,1-5,7-8,11-12,14-15,17-18,21-22,25-26,41-42H2. The Morgan fingerprint density at radius 1 is 1.02 bits per heavy atom. The number of hydrogen-bond donors (Lipinski definition) is 5. The summed E-state index contributed by atoms with van der Waals surface area (Å²) in [7, 11) is 0. The number of aromatic hydroxyl groups is 1. The maximum Gasteiger partial charge on any atom is 0.163 e. The number of fused-ring (bicyclic) bond motifs is 1. The summed E-state index contributed by atoms with van der Waals surface area (Å²) in [4.78, 5) is 19.6. The highest BCUT2D eigenvalue weighted by atomic mass is 16.5. The Morgan fingerprint density at radius 3 is 2.59 bits per heavy atom. The van der Waals surface area contributed by atoms with E-state index in [1.165, 1.54) is 43.2 Å². The number of aryl methyl sites for hydroxylation is 1. The number of hydrogen-bond acceptors (Lipinski definition) is 9. The third-order valence-corrected chi connectivity index (χ3v) is 11.2. The maximum atomic E-state index is 12.7. The zero-order valence-corrected chi connectivity index (χ0v) is 28.7. The number of aliphatic hydroxyl groups excluding tert-OH is 2. The van der Waals surface area contributed by atoms with E-state index in [4.69, 9.17) is 21.2 Å². The van der Waals surface area contributed by atoms with Crippen LogP contribution in [-0.2, 0) is 16.6 Å². The van der Waals surface area contributed by atoms with Crippen LogP contribution in [0.25, 0.3) is 0 Å². The normalized spacial score (nSPS) is 20.2. The summed E-state index contributed by atoms with van der Waals surface area (Å²) < 4.78 is 6.10. The monoisotopic (exact) mass is 670 g/mol. The van der Waals surface area contributed by atoms with E-state index in [0.717, 1.165) is 54.5 Å². The number of ketones is 1. The Kier molecular flexibility index (Phi) is 11.6. The second kappa shape index (κ2) is 16.0. The minimum absolute atomic E-state index is 0.0408. The summed E-state index contributed by atoms with van der Waals surface area (Å²) in [5, 5.41) is 31.4. The quantitative estimate of drug-likeness (QED) is 0.135. The number of Topliss-reactive ketones (excluding diaryl/α,β-unsaturated/α-hetero) is 1. The fourth-order valence-corrected chi connectivity index (χ4v) is 8.38. The summed E-state index contributed by atoms with van der Waals surface area (Å²) in [6.07, 6.45) is 15.7. The number of carbonyl (C=O) groups excluding carboxylic acids is 1. The van der Waals surface area contributed by atoms with Crippen molar-refractivity contribution >= 4 is 11.5 Å². The first-order valence-corrected chi connectivity index (χ1v) is 18.4. The fraction of sp³-hybridized carbons (Fsp3) is 0.550. The van der Waals surface area contributed by atoms with Gasteiger partial charge in [-0.2, -0.15) is 0 Å². The van der Waals surface area contributed by atoms with E-state index in [0.29, 0.717) is 31.1 Å². The number of rotatable bonds is 16. The lowest BCUT2D eigenvalue weighted by molar-refractivity contribution is -0.121. The molecule has 4 aliphatic rings. The minimum Gasteiger partial charge on any atom is -0.504 e. The largest absolute Gasteiger partial charge is 0.504 e. The number of benzene rings is 2. The predicted octanol–water partition coefficient (Wildman–Crippen LogP) is 6.06. The van der Waals surface area contributed by atoms with Crippen LogP contribution in [0.2, 0.25) is 0 Å². The Balaban J connectivity index is 0.999. The van der Waals surface area contributed by atoms with Gasteiger partial charge >= 0.3 is 0 Å². The van der Waals surface area contributed by atoms with Gasteiger partial charge in [-0.05, 0) is 78.8 Å². The molecule has 0 bridgehead atoms. The van der Waals surface area contributed by atoms with Crippen LogP contribution in [0.15, 0.2) is 71.0 Å². The molecule has 2 fully saturated rings. The fourth-order valence-electron chi connectivity index (χ4n) is 8.38. The summed E-state index contributed by atoms with van der Waals surface area (Å²) >= 11 is 0. The molecule has 264 valence electrons. The van der Waals surface area contributed by atoms with Crippen molar-refractivity contribution in [2.75, 3.05) is 13.3 Å². The van der Waals surface area contributed by atoms with Crippen LogP contribution in [0, 0.1) is 5.92 Å². The molecule has 2 heterocycles. The van der Waals surface area contributed by atoms with Crippen molar-refractivity contribution in [3.63, 3.8) is 0 Å². The summed E-state index contributed by atoms with van der Waals surface area (Å²) in [5.41, 5.74) is 18.4. The summed E-state index contributed by atoms with van der Waals surface area (Å²) in [6.45, 7) is 0.858. The van der Waals surface area contributed by atoms with E-state index in [1.807, 2.05) is 18.3 Å². The molecule has 6 rings (SSSR count). The Bertz CT molecular complexity index is 1550. The average molecular weight is 671 g/mol. The molecule has 0 aromatic heterocycles. The molecule has 2 aliphatic heterocycles. The van der Waals surface area contributed by atoms with Gasteiger partial charge in [-0.25, -0.2) is 0 Å². The molecular weight excluding hydrogens is 616 g/mol. The average Bonchev–Trinajstić information content (AvgIpc) is 3.84. The van der Waals surface area contributed by atoms with E-state index < -0.39 is 18.4 Å². The van der Waals surface area contributed by atoms with Gasteiger partial charge in [0.25, 0.3) is 0 Å². The van der Waals surface area contributed by atoms with Gasteiger partial charge in [-0.15, -0.1) is 0 Å². The number of nitrogens with zero attached hydrogens (tertiary/aromatic N) is 2. The summed E-state index contributed by atoms with van der Waals surface area (Å²) in [5.74, 6) is 1.05. The van der Waals surface area contributed by atoms with E-state index in [-0.39, 0.29) is 42.9 Å². The van der Waals surface area contributed by atoms with E-state index >= 15 is 0 Å². The zero-order valence-electron chi connectivity index (χ0n) is 28.7. The van der Waals surface area contributed by atoms with Crippen LogP contribution < -0.4 is 16.2 Å². The molecule has 49 heavy (non-hydrogen) atoms. The lowest BCUT2D eigenvalue weighted by Gasteiger charge is -2.32. The van der Waals surface area contributed by atoms with Gasteiger partial charge in [-0.1, -0.05) is 75.3 Å². The number of allylic oxidation sites excluding steroid dienone is 1. The maximum absolute atomic E-state index is 12.7. The molecule has 2 aliphatic carbocycles. The van der Waals surface area contributed by atoms with Crippen molar-refractivity contribution in [2.45, 2.75) is 120 Å². The molecule has 0 amide bonds. The van der Waals surface area contributed by atoms with Crippen LogP contribution in [0.5, 0.6) is 11.5 Å².